The molecule has 2 aromatic rings. The molecule has 4 nitrogen and oxygen atoms in total. The van der Waals surface area contributed by atoms with Gasteiger partial charge in [0.25, 0.3) is 0 Å². The van der Waals surface area contributed by atoms with Crippen LogP contribution < -0.4 is 17.0 Å². The number of nitrogens with zero attached hydrogens (tertiary/aromatic N) is 1. The lowest BCUT2D eigenvalue weighted by molar-refractivity contribution is 0.551. The third-order valence-corrected chi connectivity index (χ3v) is 3.83. The van der Waals surface area contributed by atoms with Crippen molar-refractivity contribution in [3.8, 4) is 0 Å². The average Bonchev–Trinajstić information content (AvgIpc) is 2.47. The summed E-state index contributed by atoms with van der Waals surface area (Å²) in [5, 5.41) is 0. The summed E-state index contributed by atoms with van der Waals surface area (Å²) in [5.41, 5.74) is 11.7. The Morgan fingerprint density at radius 2 is 2.00 bits per heavy atom. The van der Waals surface area contributed by atoms with Crippen LogP contribution >= 0.6 is 11.8 Å². The van der Waals surface area contributed by atoms with Crippen molar-refractivity contribution >= 4 is 17.4 Å². The molecule has 0 saturated heterocycles. The third-order valence-electron chi connectivity index (χ3n) is 3.08. The number of hydrogen-bond donors (Lipinski definition) is 3. The first-order valence-electron chi connectivity index (χ1n) is 6.03. The standard InChI is InChI=1S/C14H18N4S/c1-19-12-4-2-10(3-5-12)14(18-16)8-11-9-17-7-6-13(11)15/h2-7,9,14,18H,8,16H2,1H3,(H2,15,17). The molecule has 0 amide bonds. The van der Waals surface area contributed by atoms with Gasteiger partial charge in [0.05, 0.1) is 6.04 Å². The van der Waals surface area contributed by atoms with Crippen LogP contribution in [0.1, 0.15) is 17.2 Å². The summed E-state index contributed by atoms with van der Waals surface area (Å²) in [4.78, 5) is 5.34. The number of pyridine rings is 1. The molecular weight excluding hydrogens is 256 g/mol. The molecule has 19 heavy (non-hydrogen) atoms. The van der Waals surface area contributed by atoms with Crippen molar-refractivity contribution in [3.05, 3.63) is 53.9 Å². The fourth-order valence-electron chi connectivity index (χ4n) is 1.94. The molecule has 1 unspecified atom stereocenters. The van der Waals surface area contributed by atoms with Crippen molar-refractivity contribution < 1.29 is 0 Å². The van der Waals surface area contributed by atoms with E-state index in [9.17, 15) is 0 Å². The molecule has 0 aliphatic rings. The number of hydrogen-bond acceptors (Lipinski definition) is 5. The minimum Gasteiger partial charge on any atom is -0.398 e. The van der Waals surface area contributed by atoms with Gasteiger partial charge in [-0.3, -0.25) is 16.3 Å². The molecule has 0 fully saturated rings. The van der Waals surface area contributed by atoms with Crippen LogP contribution in [0.4, 0.5) is 5.69 Å². The maximum atomic E-state index is 5.94. The Morgan fingerprint density at radius 3 is 2.58 bits per heavy atom. The van der Waals surface area contributed by atoms with E-state index in [0.717, 1.165) is 23.2 Å². The molecule has 2 rings (SSSR count). The van der Waals surface area contributed by atoms with E-state index in [1.54, 1.807) is 30.2 Å². The van der Waals surface area contributed by atoms with E-state index in [1.807, 2.05) is 0 Å². The Bertz CT molecular complexity index is 527. The predicted molar refractivity (Wildman–Crippen MR) is 80.6 cm³/mol. The normalized spacial score (nSPS) is 12.3. The lowest BCUT2D eigenvalue weighted by Crippen LogP contribution is -2.29. The van der Waals surface area contributed by atoms with Crippen LogP contribution in [0.2, 0.25) is 0 Å². The van der Waals surface area contributed by atoms with Crippen molar-refractivity contribution in [1.82, 2.24) is 10.4 Å². The van der Waals surface area contributed by atoms with Gasteiger partial charge in [0, 0.05) is 23.0 Å². The van der Waals surface area contributed by atoms with Crippen LogP contribution in [0.25, 0.3) is 0 Å². The summed E-state index contributed by atoms with van der Waals surface area (Å²) in [6, 6.07) is 10.2. The topological polar surface area (TPSA) is 77.0 Å². The lowest BCUT2D eigenvalue weighted by Gasteiger charge is -2.17. The Labute approximate surface area is 117 Å². The number of rotatable bonds is 5. The molecule has 0 spiro atoms. The van der Waals surface area contributed by atoms with Crippen LogP contribution in [0.3, 0.4) is 0 Å². The minimum absolute atomic E-state index is 0.0300. The number of benzene rings is 1. The number of nitrogens with one attached hydrogen (secondary N) is 1. The van der Waals surface area contributed by atoms with Gasteiger partial charge in [-0.25, -0.2) is 0 Å². The zero-order valence-electron chi connectivity index (χ0n) is 10.8. The third kappa shape index (κ3) is 3.47. The molecular formula is C14H18N4S. The second-order valence-corrected chi connectivity index (χ2v) is 5.15. The number of nitrogen functional groups attached to an aromatic ring is 1. The van der Waals surface area contributed by atoms with Crippen LogP contribution in [0.15, 0.2) is 47.6 Å². The molecule has 1 heterocycles. The summed E-state index contributed by atoms with van der Waals surface area (Å²) in [7, 11) is 0. The lowest BCUT2D eigenvalue weighted by atomic mass is 10.00. The highest BCUT2D eigenvalue weighted by atomic mass is 32.2. The maximum Gasteiger partial charge on any atom is 0.0501 e. The minimum atomic E-state index is 0.0300. The van der Waals surface area contributed by atoms with E-state index >= 15 is 0 Å². The van der Waals surface area contributed by atoms with Gasteiger partial charge in [-0.1, -0.05) is 12.1 Å². The molecule has 0 bridgehead atoms. The van der Waals surface area contributed by atoms with Crippen molar-refractivity contribution in [2.75, 3.05) is 12.0 Å². The van der Waals surface area contributed by atoms with Gasteiger partial charge >= 0.3 is 0 Å². The van der Waals surface area contributed by atoms with E-state index in [1.165, 1.54) is 4.90 Å². The van der Waals surface area contributed by atoms with E-state index in [4.69, 9.17) is 11.6 Å². The first-order chi connectivity index (χ1) is 9.24. The first-order valence-corrected chi connectivity index (χ1v) is 7.25. The van der Waals surface area contributed by atoms with E-state index in [-0.39, 0.29) is 6.04 Å². The molecule has 0 aliphatic heterocycles. The predicted octanol–water partition coefficient (Wildman–Crippen LogP) is 2.13. The van der Waals surface area contributed by atoms with Gasteiger partial charge < -0.3 is 5.73 Å². The number of aromatic nitrogens is 1. The van der Waals surface area contributed by atoms with Crippen molar-refractivity contribution in [3.63, 3.8) is 0 Å². The quantitative estimate of drug-likeness (QED) is 0.442. The Kier molecular flexibility index (Phi) is 4.79. The van der Waals surface area contributed by atoms with Gasteiger partial charge in [0.15, 0.2) is 0 Å². The zero-order chi connectivity index (χ0) is 13.7. The Balaban J connectivity index is 2.17. The number of thioether (sulfide) groups is 1. The van der Waals surface area contributed by atoms with Gasteiger partial charge in [-0.05, 0) is 42.0 Å². The van der Waals surface area contributed by atoms with Crippen molar-refractivity contribution in [2.24, 2.45) is 5.84 Å². The second kappa shape index (κ2) is 6.56. The summed E-state index contributed by atoms with van der Waals surface area (Å²) in [6.45, 7) is 0. The number of nitrogens with two attached hydrogens (primary N) is 2. The SMILES string of the molecule is CSc1ccc(C(Cc2cnccc2N)NN)cc1. The molecule has 5 heteroatoms. The first kappa shape index (κ1) is 13.9. The van der Waals surface area contributed by atoms with E-state index < -0.39 is 0 Å². The highest BCUT2D eigenvalue weighted by Gasteiger charge is 2.12. The average molecular weight is 274 g/mol. The number of hydrazine groups is 1. The molecule has 0 radical (unpaired) electrons. The summed E-state index contributed by atoms with van der Waals surface area (Å²) in [6.07, 6.45) is 6.26. The van der Waals surface area contributed by atoms with Gasteiger partial charge in [0.2, 0.25) is 0 Å². The van der Waals surface area contributed by atoms with Gasteiger partial charge in [0.1, 0.15) is 0 Å². The molecule has 1 aromatic heterocycles. The molecule has 0 aliphatic carbocycles. The van der Waals surface area contributed by atoms with Gasteiger partial charge in [-0.2, -0.15) is 0 Å². The van der Waals surface area contributed by atoms with Crippen LogP contribution in [-0.2, 0) is 6.42 Å². The van der Waals surface area contributed by atoms with Crippen LogP contribution in [0.5, 0.6) is 0 Å². The van der Waals surface area contributed by atoms with Crippen LogP contribution in [-0.4, -0.2) is 11.2 Å². The summed E-state index contributed by atoms with van der Waals surface area (Å²) in [5.74, 6) is 5.66. The number of anilines is 1. The zero-order valence-corrected chi connectivity index (χ0v) is 11.7. The Hall–Kier alpha value is -1.56. The summed E-state index contributed by atoms with van der Waals surface area (Å²) < 4.78 is 0. The molecule has 5 N–H and O–H groups in total. The van der Waals surface area contributed by atoms with E-state index in [0.29, 0.717) is 0 Å². The second-order valence-electron chi connectivity index (χ2n) is 4.27. The van der Waals surface area contributed by atoms with Gasteiger partial charge in [-0.15, -0.1) is 11.8 Å². The summed E-state index contributed by atoms with van der Waals surface area (Å²) >= 11 is 1.72. The fraction of sp³-hybridized carbons (Fsp3) is 0.214. The molecule has 0 saturated carbocycles. The maximum absolute atomic E-state index is 5.94. The van der Waals surface area contributed by atoms with Crippen molar-refractivity contribution in [1.29, 1.82) is 0 Å². The monoisotopic (exact) mass is 274 g/mol. The highest BCUT2D eigenvalue weighted by molar-refractivity contribution is 7.98. The Morgan fingerprint density at radius 1 is 1.26 bits per heavy atom. The fourth-order valence-corrected chi connectivity index (χ4v) is 2.35. The molecule has 100 valence electrons. The van der Waals surface area contributed by atoms with Crippen LogP contribution in [0, 0.1) is 0 Å². The molecule has 1 aromatic carbocycles. The molecule has 1 atom stereocenters. The largest absolute Gasteiger partial charge is 0.398 e. The van der Waals surface area contributed by atoms with E-state index in [2.05, 4.69) is 40.9 Å². The highest BCUT2D eigenvalue weighted by Crippen LogP contribution is 2.23. The van der Waals surface area contributed by atoms with Crippen molar-refractivity contribution in [2.45, 2.75) is 17.4 Å². The smallest absolute Gasteiger partial charge is 0.0501 e.